The van der Waals surface area contributed by atoms with Gasteiger partial charge < -0.3 is 25.8 Å². The zero-order valence-electron chi connectivity index (χ0n) is 20.6. The van der Waals surface area contributed by atoms with E-state index in [4.69, 9.17) is 5.73 Å². The second-order valence-corrected chi connectivity index (χ2v) is 10.8. The molecular formula is C27H28BrF2N5O3. The van der Waals surface area contributed by atoms with E-state index in [0.29, 0.717) is 57.4 Å². The lowest BCUT2D eigenvalue weighted by Crippen LogP contribution is -2.46. The number of anilines is 2. The highest BCUT2D eigenvalue weighted by Crippen LogP contribution is 2.34. The van der Waals surface area contributed by atoms with Crippen LogP contribution in [0.1, 0.15) is 46.4 Å². The number of aromatic amines is 1. The first-order valence-electron chi connectivity index (χ1n) is 12.6. The highest BCUT2D eigenvalue weighted by molar-refractivity contribution is 9.10. The largest absolute Gasteiger partial charge is 0.397 e. The quantitative estimate of drug-likeness (QED) is 0.390. The number of nitrogens with two attached hydrogens (primary N) is 1. The molecule has 0 radical (unpaired) electrons. The third-order valence-corrected chi connectivity index (χ3v) is 7.64. The monoisotopic (exact) mass is 587 g/mol. The van der Waals surface area contributed by atoms with Crippen LogP contribution in [0.25, 0.3) is 10.9 Å². The van der Waals surface area contributed by atoms with Gasteiger partial charge in [-0.15, -0.1) is 0 Å². The van der Waals surface area contributed by atoms with Gasteiger partial charge in [0.15, 0.2) is 0 Å². The molecule has 2 saturated heterocycles. The number of benzene rings is 2. The van der Waals surface area contributed by atoms with Crippen molar-refractivity contribution in [1.82, 2.24) is 14.8 Å². The van der Waals surface area contributed by atoms with E-state index in [1.165, 1.54) is 11.0 Å². The fourth-order valence-electron chi connectivity index (χ4n) is 5.20. The minimum absolute atomic E-state index is 0.0342. The van der Waals surface area contributed by atoms with Gasteiger partial charge in [-0.2, -0.15) is 0 Å². The van der Waals surface area contributed by atoms with Crippen molar-refractivity contribution in [2.75, 3.05) is 37.2 Å². The number of likely N-dealkylation sites (tertiary alicyclic amines) is 2. The number of aromatic nitrogens is 1. The van der Waals surface area contributed by atoms with Crippen molar-refractivity contribution in [1.29, 1.82) is 0 Å². The van der Waals surface area contributed by atoms with Crippen LogP contribution in [0, 0.1) is 0 Å². The van der Waals surface area contributed by atoms with Crippen LogP contribution in [-0.4, -0.2) is 64.7 Å². The lowest BCUT2D eigenvalue weighted by atomic mass is 10.0. The Morgan fingerprint density at radius 3 is 2.50 bits per heavy atom. The number of fused-ring (bicyclic) bond motifs is 1. The van der Waals surface area contributed by atoms with Gasteiger partial charge in [-0.25, -0.2) is 8.78 Å². The number of carbonyl (C=O) groups is 2. The van der Waals surface area contributed by atoms with Gasteiger partial charge in [-0.05, 0) is 31.0 Å². The number of H-pyrrole nitrogens is 1. The highest BCUT2D eigenvalue weighted by atomic mass is 79.9. The summed E-state index contributed by atoms with van der Waals surface area (Å²) in [5, 5.41) is 4.03. The Morgan fingerprint density at radius 2 is 1.74 bits per heavy atom. The van der Waals surface area contributed by atoms with E-state index < -0.39 is 5.92 Å². The average Bonchev–Trinajstić information content (AvgIpc) is 2.89. The molecule has 0 spiro atoms. The summed E-state index contributed by atoms with van der Waals surface area (Å²) in [4.78, 5) is 44.9. The topological polar surface area (TPSA) is 112 Å². The molecule has 0 bridgehead atoms. The summed E-state index contributed by atoms with van der Waals surface area (Å²) in [6.45, 7) is 0.807. The van der Waals surface area contributed by atoms with Gasteiger partial charge in [-0.3, -0.25) is 14.4 Å². The fourth-order valence-corrected chi connectivity index (χ4v) is 5.68. The molecule has 0 saturated carbocycles. The summed E-state index contributed by atoms with van der Waals surface area (Å²) in [7, 11) is 0. The summed E-state index contributed by atoms with van der Waals surface area (Å²) in [6, 6.07) is 11.6. The molecule has 2 amide bonds. The van der Waals surface area contributed by atoms with Crippen LogP contribution >= 0.6 is 15.9 Å². The molecule has 38 heavy (non-hydrogen) atoms. The molecule has 2 fully saturated rings. The van der Waals surface area contributed by atoms with Crippen molar-refractivity contribution in [3.8, 4) is 0 Å². The number of pyridine rings is 1. The Labute approximate surface area is 226 Å². The van der Waals surface area contributed by atoms with Gasteiger partial charge >= 0.3 is 0 Å². The number of para-hydroxylation sites is 1. The summed E-state index contributed by atoms with van der Waals surface area (Å²) in [5.74, 6) is -3.37. The van der Waals surface area contributed by atoms with Gasteiger partial charge in [0, 0.05) is 66.5 Å². The van der Waals surface area contributed by atoms with Crippen LogP contribution in [-0.2, 0) is 0 Å². The summed E-state index contributed by atoms with van der Waals surface area (Å²) in [5.41, 5.74) is 7.96. The molecular weight excluding hydrogens is 560 g/mol. The van der Waals surface area contributed by atoms with Crippen molar-refractivity contribution in [2.24, 2.45) is 0 Å². The van der Waals surface area contributed by atoms with Crippen LogP contribution in [0.3, 0.4) is 0 Å². The fraction of sp³-hybridized carbons (Fsp3) is 0.370. The first-order valence-corrected chi connectivity index (χ1v) is 13.3. The minimum Gasteiger partial charge on any atom is -0.397 e. The SMILES string of the molecule is Nc1cc(Br)cc(C(=O)N2CCC(F)(F)CC2)c1N[C@@H]1CCCN(C(=O)c2cc(=O)[nH]c3ccccc23)C1. The predicted octanol–water partition coefficient (Wildman–Crippen LogP) is 4.46. The van der Waals surface area contributed by atoms with Crippen LogP contribution in [0.5, 0.6) is 0 Å². The molecule has 0 aliphatic carbocycles. The van der Waals surface area contributed by atoms with Crippen LogP contribution in [0.4, 0.5) is 20.2 Å². The highest BCUT2D eigenvalue weighted by Gasteiger charge is 2.36. The van der Waals surface area contributed by atoms with E-state index in [1.54, 1.807) is 35.2 Å². The molecule has 4 N–H and O–H groups in total. The first kappa shape index (κ1) is 26.1. The second kappa shape index (κ2) is 10.4. The smallest absolute Gasteiger partial charge is 0.256 e. The molecule has 5 rings (SSSR count). The molecule has 8 nitrogen and oxygen atoms in total. The number of hydrogen-bond acceptors (Lipinski definition) is 5. The van der Waals surface area contributed by atoms with Gasteiger partial charge in [0.2, 0.25) is 5.56 Å². The van der Waals surface area contributed by atoms with E-state index in [-0.39, 0.29) is 49.3 Å². The number of hydrogen-bond donors (Lipinski definition) is 3. The Bertz CT molecular complexity index is 1450. The molecule has 3 aromatic rings. The lowest BCUT2D eigenvalue weighted by Gasteiger charge is -2.35. The summed E-state index contributed by atoms with van der Waals surface area (Å²) in [6.07, 6.45) is 0.702. The molecule has 2 aromatic carbocycles. The van der Waals surface area contributed by atoms with Crippen LogP contribution in [0.2, 0.25) is 0 Å². The number of amides is 2. The first-order chi connectivity index (χ1) is 18.1. The number of nitrogen functional groups attached to an aromatic ring is 1. The third kappa shape index (κ3) is 5.38. The molecule has 2 aliphatic heterocycles. The number of carbonyl (C=O) groups excluding carboxylic acids is 2. The molecule has 1 aromatic heterocycles. The van der Waals surface area contributed by atoms with Crippen molar-refractivity contribution in [3.05, 3.63) is 68.4 Å². The standard InChI is InChI=1S/C27H28BrF2N5O3/c28-16-12-20(26(38)34-10-7-27(29,30)8-11-34)24(21(31)13-16)32-17-4-3-9-35(15-17)25(37)19-14-23(36)33-22-6-2-1-5-18(19)22/h1-2,5-6,12-14,17,32H,3-4,7-11,15,31H2,(H,33,36)/t17-/m1/s1. The normalized spacial score (nSPS) is 19.4. The van der Waals surface area contributed by atoms with E-state index >= 15 is 0 Å². The predicted molar refractivity (Wildman–Crippen MR) is 146 cm³/mol. The Balaban J connectivity index is 1.37. The Hall–Kier alpha value is -3.47. The second-order valence-electron chi connectivity index (χ2n) is 9.89. The zero-order valence-corrected chi connectivity index (χ0v) is 22.2. The maximum Gasteiger partial charge on any atom is 0.256 e. The molecule has 0 unspecified atom stereocenters. The van der Waals surface area contributed by atoms with E-state index in [0.717, 1.165) is 6.42 Å². The van der Waals surface area contributed by atoms with Gasteiger partial charge in [0.25, 0.3) is 17.7 Å². The number of halogens is 3. The van der Waals surface area contributed by atoms with Crippen molar-refractivity contribution >= 4 is 50.0 Å². The maximum absolute atomic E-state index is 13.7. The third-order valence-electron chi connectivity index (χ3n) is 7.18. The summed E-state index contributed by atoms with van der Waals surface area (Å²) < 4.78 is 27.9. The molecule has 3 heterocycles. The van der Waals surface area contributed by atoms with Gasteiger partial charge in [0.05, 0.1) is 22.5 Å². The minimum atomic E-state index is -2.76. The van der Waals surface area contributed by atoms with Crippen LogP contribution in [0.15, 0.2) is 51.7 Å². The number of piperidine rings is 2. The number of nitrogens with zero attached hydrogens (tertiary/aromatic N) is 2. The molecule has 11 heteroatoms. The number of nitrogens with one attached hydrogen (secondary N) is 2. The van der Waals surface area contributed by atoms with Crippen molar-refractivity contribution < 1.29 is 18.4 Å². The molecule has 2 aliphatic rings. The van der Waals surface area contributed by atoms with E-state index in [9.17, 15) is 23.2 Å². The Kier molecular flexibility index (Phi) is 7.13. The van der Waals surface area contributed by atoms with E-state index in [2.05, 4.69) is 26.2 Å². The van der Waals surface area contributed by atoms with E-state index in [1.807, 2.05) is 6.07 Å². The van der Waals surface area contributed by atoms with Crippen molar-refractivity contribution in [2.45, 2.75) is 37.6 Å². The van der Waals surface area contributed by atoms with Crippen LogP contribution < -0.4 is 16.6 Å². The van der Waals surface area contributed by atoms with Gasteiger partial charge in [0.1, 0.15) is 0 Å². The summed E-state index contributed by atoms with van der Waals surface area (Å²) >= 11 is 3.38. The average molecular weight is 588 g/mol. The lowest BCUT2D eigenvalue weighted by molar-refractivity contribution is -0.0494. The molecule has 1 atom stereocenters. The van der Waals surface area contributed by atoms with Crippen molar-refractivity contribution in [3.63, 3.8) is 0 Å². The molecule has 200 valence electrons. The number of rotatable bonds is 4. The van der Waals surface area contributed by atoms with Gasteiger partial charge in [-0.1, -0.05) is 34.1 Å². The maximum atomic E-state index is 13.7. The Morgan fingerprint density at radius 1 is 1.03 bits per heavy atom. The number of alkyl halides is 2. The zero-order chi connectivity index (χ0) is 27.0.